The number of benzene rings is 2. The van der Waals surface area contributed by atoms with Crippen LogP contribution >= 0.6 is 0 Å². The Kier molecular flexibility index (Phi) is 6.29. The molecule has 0 atom stereocenters. The zero-order valence-corrected chi connectivity index (χ0v) is 16.5. The van der Waals surface area contributed by atoms with Crippen molar-refractivity contribution in [1.82, 2.24) is 9.62 Å². The van der Waals surface area contributed by atoms with Crippen molar-refractivity contribution in [2.75, 3.05) is 13.1 Å². The maximum Gasteiger partial charge on any atom is 0.243 e. The van der Waals surface area contributed by atoms with Crippen LogP contribution in [0.4, 0.5) is 0 Å². The molecule has 0 bridgehead atoms. The van der Waals surface area contributed by atoms with E-state index in [1.165, 1.54) is 5.56 Å². The summed E-state index contributed by atoms with van der Waals surface area (Å²) in [6.07, 6.45) is 2.82. The van der Waals surface area contributed by atoms with E-state index in [9.17, 15) is 13.2 Å². The van der Waals surface area contributed by atoms with E-state index in [0.717, 1.165) is 24.0 Å². The molecule has 0 radical (unpaired) electrons. The minimum Gasteiger partial charge on any atom is -0.352 e. The summed E-state index contributed by atoms with van der Waals surface area (Å²) in [4.78, 5) is 12.4. The van der Waals surface area contributed by atoms with E-state index < -0.39 is 10.0 Å². The Morgan fingerprint density at radius 1 is 0.963 bits per heavy atom. The number of rotatable bonds is 7. The van der Waals surface area contributed by atoms with Crippen molar-refractivity contribution in [3.63, 3.8) is 0 Å². The van der Waals surface area contributed by atoms with Gasteiger partial charge in [0.25, 0.3) is 0 Å². The second-order valence-corrected chi connectivity index (χ2v) is 8.96. The smallest absolute Gasteiger partial charge is 0.243 e. The number of sulfonamides is 1. The second-order valence-electron chi connectivity index (χ2n) is 7.02. The topological polar surface area (TPSA) is 66.5 Å². The van der Waals surface area contributed by atoms with Gasteiger partial charge in [0.15, 0.2) is 0 Å². The molecule has 1 heterocycles. The van der Waals surface area contributed by atoms with Crippen LogP contribution in [0.15, 0.2) is 53.4 Å². The van der Waals surface area contributed by atoms with Gasteiger partial charge in [0.2, 0.25) is 15.9 Å². The number of hydrogen-bond donors (Lipinski definition) is 1. The fourth-order valence-corrected chi connectivity index (χ4v) is 4.68. The van der Waals surface area contributed by atoms with E-state index in [1.807, 2.05) is 31.2 Å². The Balaban J connectivity index is 1.49. The standard InChI is InChI=1S/C21H26N2O3S/c1-17-4-6-19(7-5-17)16-22-21(24)13-10-18-8-11-20(12-9-18)27(25,26)23-14-2-3-15-23/h4-9,11-12H,2-3,10,13-16H2,1H3,(H,22,24). The van der Waals surface area contributed by atoms with Crippen LogP contribution in [-0.2, 0) is 27.8 Å². The maximum absolute atomic E-state index is 12.5. The quantitative estimate of drug-likeness (QED) is 0.795. The molecule has 2 aromatic rings. The first-order valence-corrected chi connectivity index (χ1v) is 10.8. The van der Waals surface area contributed by atoms with Crippen LogP contribution in [0.5, 0.6) is 0 Å². The molecule has 1 fully saturated rings. The van der Waals surface area contributed by atoms with Crippen LogP contribution in [0.3, 0.4) is 0 Å². The van der Waals surface area contributed by atoms with Gasteiger partial charge in [0.1, 0.15) is 0 Å². The van der Waals surface area contributed by atoms with Gasteiger partial charge in [0, 0.05) is 26.1 Å². The van der Waals surface area contributed by atoms with Crippen molar-refractivity contribution >= 4 is 15.9 Å². The third-order valence-electron chi connectivity index (χ3n) is 4.88. The highest BCUT2D eigenvalue weighted by molar-refractivity contribution is 7.89. The second kappa shape index (κ2) is 8.67. The fourth-order valence-electron chi connectivity index (χ4n) is 3.16. The van der Waals surface area contributed by atoms with Gasteiger partial charge in [-0.15, -0.1) is 0 Å². The van der Waals surface area contributed by atoms with Crippen molar-refractivity contribution in [2.24, 2.45) is 0 Å². The summed E-state index contributed by atoms with van der Waals surface area (Å²) in [5.74, 6) is -0.00987. The number of nitrogens with one attached hydrogen (secondary N) is 1. The minimum absolute atomic E-state index is 0.00987. The monoisotopic (exact) mass is 386 g/mol. The molecule has 0 aliphatic carbocycles. The summed E-state index contributed by atoms with van der Waals surface area (Å²) < 4.78 is 26.6. The van der Waals surface area contributed by atoms with Crippen LogP contribution in [0.25, 0.3) is 0 Å². The van der Waals surface area contributed by atoms with E-state index in [2.05, 4.69) is 5.32 Å². The zero-order chi connectivity index (χ0) is 19.3. The number of carbonyl (C=O) groups is 1. The molecule has 2 aromatic carbocycles. The third kappa shape index (κ3) is 5.17. The summed E-state index contributed by atoms with van der Waals surface area (Å²) in [6, 6.07) is 15.0. The van der Waals surface area contributed by atoms with Gasteiger partial charge in [-0.25, -0.2) is 8.42 Å². The molecule has 0 saturated carbocycles. The molecule has 1 amide bonds. The number of carbonyl (C=O) groups excluding carboxylic acids is 1. The van der Waals surface area contributed by atoms with E-state index >= 15 is 0 Å². The number of aryl methyl sites for hydroxylation is 2. The Bertz CT molecular complexity index is 869. The van der Waals surface area contributed by atoms with Crippen LogP contribution in [0.2, 0.25) is 0 Å². The van der Waals surface area contributed by atoms with Crippen LogP contribution in [-0.4, -0.2) is 31.7 Å². The van der Waals surface area contributed by atoms with Gasteiger partial charge >= 0.3 is 0 Å². The van der Waals surface area contributed by atoms with Gasteiger partial charge in [-0.3, -0.25) is 4.79 Å². The van der Waals surface area contributed by atoms with Gasteiger partial charge < -0.3 is 5.32 Å². The van der Waals surface area contributed by atoms with Crippen molar-refractivity contribution in [3.8, 4) is 0 Å². The van der Waals surface area contributed by atoms with Gasteiger partial charge in [-0.1, -0.05) is 42.0 Å². The van der Waals surface area contributed by atoms with Crippen molar-refractivity contribution < 1.29 is 13.2 Å². The summed E-state index contributed by atoms with van der Waals surface area (Å²) in [6.45, 7) is 3.76. The molecule has 1 aliphatic rings. The number of nitrogens with zero attached hydrogens (tertiary/aromatic N) is 1. The largest absolute Gasteiger partial charge is 0.352 e. The van der Waals surface area contributed by atoms with E-state index in [0.29, 0.717) is 37.4 Å². The lowest BCUT2D eigenvalue weighted by atomic mass is 10.1. The first-order valence-electron chi connectivity index (χ1n) is 9.36. The van der Waals surface area contributed by atoms with Crippen LogP contribution in [0.1, 0.15) is 36.0 Å². The average molecular weight is 387 g/mol. The number of hydrogen-bond acceptors (Lipinski definition) is 3. The predicted molar refractivity (Wildman–Crippen MR) is 106 cm³/mol. The first kappa shape index (κ1) is 19.6. The summed E-state index contributed by atoms with van der Waals surface area (Å²) in [5.41, 5.74) is 3.23. The normalized spacial score (nSPS) is 15.0. The molecule has 144 valence electrons. The van der Waals surface area contributed by atoms with E-state index in [-0.39, 0.29) is 5.91 Å². The van der Waals surface area contributed by atoms with E-state index in [4.69, 9.17) is 0 Å². The average Bonchev–Trinajstić information content (AvgIpc) is 3.22. The highest BCUT2D eigenvalue weighted by Gasteiger charge is 2.26. The van der Waals surface area contributed by atoms with Crippen molar-refractivity contribution in [2.45, 2.75) is 44.0 Å². The first-order chi connectivity index (χ1) is 12.9. The van der Waals surface area contributed by atoms with Gasteiger partial charge in [0.05, 0.1) is 4.90 Å². The Morgan fingerprint density at radius 2 is 1.56 bits per heavy atom. The van der Waals surface area contributed by atoms with Crippen molar-refractivity contribution in [1.29, 1.82) is 0 Å². The molecule has 0 unspecified atom stereocenters. The molecule has 6 heteroatoms. The summed E-state index contributed by atoms with van der Waals surface area (Å²) in [7, 11) is -3.38. The molecular formula is C21H26N2O3S. The SMILES string of the molecule is Cc1ccc(CNC(=O)CCc2ccc(S(=O)(=O)N3CCCC3)cc2)cc1. The van der Waals surface area contributed by atoms with Gasteiger partial charge in [-0.05, 0) is 49.4 Å². The van der Waals surface area contributed by atoms with Gasteiger partial charge in [-0.2, -0.15) is 4.31 Å². The Morgan fingerprint density at radius 3 is 2.19 bits per heavy atom. The van der Waals surface area contributed by atoms with Crippen molar-refractivity contribution in [3.05, 3.63) is 65.2 Å². The molecule has 27 heavy (non-hydrogen) atoms. The molecular weight excluding hydrogens is 360 g/mol. The highest BCUT2D eigenvalue weighted by atomic mass is 32.2. The minimum atomic E-state index is -3.38. The molecule has 0 spiro atoms. The summed E-state index contributed by atoms with van der Waals surface area (Å²) >= 11 is 0. The number of amides is 1. The molecule has 5 nitrogen and oxygen atoms in total. The third-order valence-corrected chi connectivity index (χ3v) is 6.79. The Hall–Kier alpha value is -2.18. The molecule has 1 saturated heterocycles. The highest BCUT2D eigenvalue weighted by Crippen LogP contribution is 2.21. The lowest BCUT2D eigenvalue weighted by molar-refractivity contribution is -0.121. The molecule has 3 rings (SSSR count). The fraction of sp³-hybridized carbons (Fsp3) is 0.381. The summed E-state index contributed by atoms with van der Waals surface area (Å²) in [5, 5.41) is 2.92. The lowest BCUT2D eigenvalue weighted by Gasteiger charge is -2.15. The van der Waals surface area contributed by atoms with Crippen LogP contribution < -0.4 is 5.32 Å². The predicted octanol–water partition coefficient (Wildman–Crippen LogP) is 3.03. The lowest BCUT2D eigenvalue weighted by Crippen LogP contribution is -2.27. The molecule has 0 aromatic heterocycles. The zero-order valence-electron chi connectivity index (χ0n) is 15.6. The Labute approximate surface area is 161 Å². The molecule has 1 N–H and O–H groups in total. The maximum atomic E-state index is 12.5. The van der Waals surface area contributed by atoms with Crippen LogP contribution in [0, 0.1) is 6.92 Å². The molecule has 1 aliphatic heterocycles. The van der Waals surface area contributed by atoms with E-state index in [1.54, 1.807) is 28.6 Å².